The molecule has 1 amide bonds. The lowest BCUT2D eigenvalue weighted by atomic mass is 9.88. The number of pyridine rings is 1. The quantitative estimate of drug-likeness (QED) is 0.526. The van der Waals surface area contributed by atoms with Crippen LogP contribution in [0.25, 0.3) is 0 Å². The Morgan fingerprint density at radius 2 is 2.00 bits per heavy atom. The highest BCUT2D eigenvalue weighted by molar-refractivity contribution is 5.88. The first-order valence-corrected chi connectivity index (χ1v) is 7.87. The van der Waals surface area contributed by atoms with Gasteiger partial charge in [-0.05, 0) is 36.5 Å². The van der Waals surface area contributed by atoms with Crippen LogP contribution in [0.5, 0.6) is 0 Å². The van der Waals surface area contributed by atoms with E-state index in [2.05, 4.69) is 11.4 Å². The number of esters is 1. The van der Waals surface area contributed by atoms with Crippen LogP contribution in [0.15, 0.2) is 48.7 Å². The van der Waals surface area contributed by atoms with Crippen LogP contribution in [0.3, 0.4) is 0 Å². The van der Waals surface area contributed by atoms with Crippen LogP contribution in [-0.4, -0.2) is 18.5 Å². The third-order valence-electron chi connectivity index (χ3n) is 4.07. The molecule has 2 aromatic rings. The molecule has 24 heavy (non-hydrogen) atoms. The molecule has 1 heterocycles. The molecule has 124 valence electrons. The number of nitrogens with zero attached hydrogens (tertiary/aromatic N) is 1. The van der Waals surface area contributed by atoms with Crippen LogP contribution in [0.1, 0.15) is 40.5 Å². The number of rotatable bonds is 4. The second-order valence-electron chi connectivity index (χ2n) is 5.70. The lowest BCUT2D eigenvalue weighted by Crippen LogP contribution is -2.37. The van der Waals surface area contributed by atoms with Gasteiger partial charge in [0.05, 0.1) is 6.04 Å². The summed E-state index contributed by atoms with van der Waals surface area (Å²) >= 11 is 0. The number of aromatic nitrogens is 1. The van der Waals surface area contributed by atoms with E-state index < -0.39 is 12.6 Å². The first-order chi connectivity index (χ1) is 11.6. The standard InChI is InChI=1S/C18H18N2O4/c21-17(12-24-18(22)16-10-3-4-11-20(16)23)19-15-9-5-7-13-6-1-2-8-14(13)15/h1-4,6,8,10-11,15H,5,7,9,12H2,(H,19,21)/t15-/m0/s1. The maximum atomic E-state index is 12.1. The number of hydrogen-bond donors (Lipinski definition) is 1. The number of nitrogens with one attached hydrogen (secondary N) is 1. The molecule has 0 spiro atoms. The summed E-state index contributed by atoms with van der Waals surface area (Å²) in [5.41, 5.74) is 2.21. The summed E-state index contributed by atoms with van der Waals surface area (Å²) in [5.74, 6) is -1.19. The van der Waals surface area contributed by atoms with E-state index in [1.54, 1.807) is 6.07 Å². The van der Waals surface area contributed by atoms with Crippen molar-refractivity contribution in [3.63, 3.8) is 0 Å². The normalized spacial score (nSPS) is 16.1. The van der Waals surface area contributed by atoms with E-state index in [0.29, 0.717) is 4.73 Å². The fourth-order valence-electron chi connectivity index (χ4n) is 2.93. The molecule has 6 nitrogen and oxygen atoms in total. The van der Waals surface area contributed by atoms with Crippen molar-refractivity contribution in [1.82, 2.24) is 5.32 Å². The van der Waals surface area contributed by atoms with Gasteiger partial charge in [-0.25, -0.2) is 4.79 Å². The minimum atomic E-state index is -0.815. The van der Waals surface area contributed by atoms with E-state index in [-0.39, 0.29) is 17.6 Å². The lowest BCUT2D eigenvalue weighted by molar-refractivity contribution is -0.608. The maximum Gasteiger partial charge on any atom is 0.405 e. The first kappa shape index (κ1) is 16.0. The molecule has 0 aliphatic heterocycles. The second-order valence-corrected chi connectivity index (χ2v) is 5.70. The van der Waals surface area contributed by atoms with Crippen LogP contribution < -0.4 is 10.0 Å². The third kappa shape index (κ3) is 3.53. The minimum Gasteiger partial charge on any atom is -0.618 e. The van der Waals surface area contributed by atoms with Gasteiger partial charge < -0.3 is 15.3 Å². The fourth-order valence-corrected chi connectivity index (χ4v) is 2.93. The highest BCUT2D eigenvalue weighted by Crippen LogP contribution is 2.29. The Bertz CT molecular complexity index is 760. The summed E-state index contributed by atoms with van der Waals surface area (Å²) in [5, 5.41) is 14.4. The Balaban J connectivity index is 1.57. The molecule has 0 fully saturated rings. The Morgan fingerprint density at radius 3 is 2.83 bits per heavy atom. The summed E-state index contributed by atoms with van der Waals surface area (Å²) in [4.78, 5) is 23.9. The van der Waals surface area contributed by atoms with Crippen molar-refractivity contribution in [2.75, 3.05) is 6.61 Å². The Kier molecular flexibility index (Phi) is 4.74. The van der Waals surface area contributed by atoms with Crippen molar-refractivity contribution >= 4 is 11.9 Å². The SMILES string of the molecule is O=C(COC(=O)c1cccc[n+]1[O-])N[C@H]1CCCc2ccccc21. The molecule has 0 bridgehead atoms. The molecule has 1 N–H and O–H groups in total. The van der Waals surface area contributed by atoms with Crippen molar-refractivity contribution in [3.8, 4) is 0 Å². The van der Waals surface area contributed by atoms with E-state index in [0.717, 1.165) is 24.8 Å². The summed E-state index contributed by atoms with van der Waals surface area (Å²) < 4.78 is 5.34. The summed E-state index contributed by atoms with van der Waals surface area (Å²) in [6.45, 7) is -0.410. The number of benzene rings is 1. The molecule has 0 radical (unpaired) electrons. The number of fused-ring (bicyclic) bond motifs is 1. The van der Waals surface area contributed by atoms with Crippen molar-refractivity contribution < 1.29 is 19.1 Å². The zero-order chi connectivity index (χ0) is 16.9. The van der Waals surface area contributed by atoms with Gasteiger partial charge in [0.15, 0.2) is 12.8 Å². The van der Waals surface area contributed by atoms with Gasteiger partial charge in [0.1, 0.15) is 0 Å². The minimum absolute atomic E-state index is 0.0673. The monoisotopic (exact) mass is 326 g/mol. The van der Waals surface area contributed by atoms with Gasteiger partial charge >= 0.3 is 11.7 Å². The number of carbonyl (C=O) groups is 2. The molecule has 3 rings (SSSR count). The third-order valence-corrected chi connectivity index (χ3v) is 4.07. The van der Waals surface area contributed by atoms with Crippen LogP contribution in [0.4, 0.5) is 0 Å². The highest BCUT2D eigenvalue weighted by atomic mass is 16.5. The van der Waals surface area contributed by atoms with Crippen molar-refractivity contribution in [3.05, 3.63) is 70.7 Å². The molecule has 0 unspecified atom stereocenters. The van der Waals surface area contributed by atoms with Gasteiger partial charge in [0, 0.05) is 12.1 Å². The molecule has 1 aliphatic rings. The van der Waals surface area contributed by atoms with Crippen molar-refractivity contribution in [2.45, 2.75) is 25.3 Å². The molecule has 1 aliphatic carbocycles. The fraction of sp³-hybridized carbons (Fsp3) is 0.278. The Hall–Kier alpha value is -2.89. The van der Waals surface area contributed by atoms with Gasteiger partial charge in [-0.2, -0.15) is 4.73 Å². The number of carbonyl (C=O) groups excluding carboxylic acids is 2. The summed E-state index contributed by atoms with van der Waals surface area (Å²) in [6, 6.07) is 12.4. The molecule has 6 heteroatoms. The summed E-state index contributed by atoms with van der Waals surface area (Å²) in [7, 11) is 0. The number of ether oxygens (including phenoxy) is 1. The number of hydrogen-bond acceptors (Lipinski definition) is 4. The second kappa shape index (κ2) is 7.12. The average Bonchev–Trinajstić information content (AvgIpc) is 2.60. The molecule has 1 aromatic carbocycles. The van der Waals surface area contributed by atoms with Crippen LogP contribution in [0, 0.1) is 5.21 Å². The van der Waals surface area contributed by atoms with E-state index in [4.69, 9.17) is 4.74 Å². The van der Waals surface area contributed by atoms with Gasteiger partial charge in [0.25, 0.3) is 5.91 Å². The molecule has 0 saturated heterocycles. The van der Waals surface area contributed by atoms with E-state index >= 15 is 0 Å². The van der Waals surface area contributed by atoms with E-state index in [1.807, 2.05) is 18.2 Å². The van der Waals surface area contributed by atoms with Crippen LogP contribution in [0.2, 0.25) is 0 Å². The molecule has 1 aromatic heterocycles. The van der Waals surface area contributed by atoms with Crippen molar-refractivity contribution in [2.24, 2.45) is 0 Å². The molecular weight excluding hydrogens is 308 g/mol. The van der Waals surface area contributed by atoms with Crippen LogP contribution in [-0.2, 0) is 16.0 Å². The molecular formula is C18H18N2O4. The predicted molar refractivity (Wildman–Crippen MR) is 85.9 cm³/mol. The molecule has 1 atom stereocenters. The zero-order valence-electron chi connectivity index (χ0n) is 13.1. The van der Waals surface area contributed by atoms with E-state index in [9.17, 15) is 14.8 Å². The number of amides is 1. The first-order valence-electron chi connectivity index (χ1n) is 7.87. The van der Waals surface area contributed by atoms with Gasteiger partial charge in [-0.1, -0.05) is 24.3 Å². The zero-order valence-corrected chi connectivity index (χ0v) is 13.1. The maximum absolute atomic E-state index is 12.1. The predicted octanol–water partition coefficient (Wildman–Crippen LogP) is 1.67. The lowest BCUT2D eigenvalue weighted by Gasteiger charge is -2.26. The van der Waals surface area contributed by atoms with Gasteiger partial charge in [-0.15, -0.1) is 0 Å². The van der Waals surface area contributed by atoms with Crippen LogP contribution >= 0.6 is 0 Å². The number of aryl methyl sites for hydroxylation is 1. The average molecular weight is 326 g/mol. The van der Waals surface area contributed by atoms with E-state index in [1.165, 1.54) is 23.9 Å². The highest BCUT2D eigenvalue weighted by Gasteiger charge is 2.23. The Labute approximate surface area is 139 Å². The van der Waals surface area contributed by atoms with Gasteiger partial charge in [-0.3, -0.25) is 4.79 Å². The Morgan fingerprint density at radius 1 is 1.21 bits per heavy atom. The van der Waals surface area contributed by atoms with Crippen molar-refractivity contribution in [1.29, 1.82) is 0 Å². The van der Waals surface area contributed by atoms with Gasteiger partial charge in [0.2, 0.25) is 0 Å². The largest absolute Gasteiger partial charge is 0.618 e. The summed E-state index contributed by atoms with van der Waals surface area (Å²) in [6.07, 6.45) is 4.07. The topological polar surface area (TPSA) is 82.3 Å². The molecule has 0 saturated carbocycles. The smallest absolute Gasteiger partial charge is 0.405 e.